The molecule has 0 radical (unpaired) electrons. The minimum absolute atomic E-state index is 0.0425. The Kier molecular flexibility index (Phi) is 6.92. The van der Waals surface area contributed by atoms with Crippen molar-refractivity contribution in [2.45, 2.75) is 50.5 Å². The Balaban J connectivity index is 3.14. The molecule has 1 aromatic rings. The highest BCUT2D eigenvalue weighted by atomic mass is 32.2. The molecule has 1 rings (SSSR count). The monoisotopic (exact) mass is 329 g/mol. The number of nitrogens with zero attached hydrogens (tertiary/aromatic N) is 1. The molecule has 0 amide bonds. The normalized spacial score (nSPS) is 13.0. The summed E-state index contributed by atoms with van der Waals surface area (Å²) in [5.74, 6) is 0. The summed E-state index contributed by atoms with van der Waals surface area (Å²) in [6, 6.07) is 3.54. The van der Waals surface area contributed by atoms with Gasteiger partial charge in [-0.3, -0.25) is 10.1 Å². The van der Waals surface area contributed by atoms with Crippen LogP contribution in [0.3, 0.4) is 0 Å². The predicted molar refractivity (Wildman–Crippen MR) is 85.2 cm³/mol. The Morgan fingerprint density at radius 2 is 2.05 bits per heavy atom. The molecule has 0 aliphatic heterocycles. The first-order chi connectivity index (χ1) is 10.4. The molecule has 1 unspecified atom stereocenters. The van der Waals surface area contributed by atoms with E-state index in [-0.39, 0.29) is 23.2 Å². The van der Waals surface area contributed by atoms with Crippen LogP contribution < -0.4 is 10.5 Å². The maximum atomic E-state index is 12.5. The number of hydrogen-bond donors (Lipinski definition) is 2. The van der Waals surface area contributed by atoms with Gasteiger partial charge in [-0.15, -0.1) is 0 Å². The Morgan fingerprint density at radius 1 is 1.36 bits per heavy atom. The largest absolute Gasteiger partial charge is 0.329 e. The number of nitro groups is 1. The molecule has 0 spiro atoms. The first kappa shape index (κ1) is 18.5. The van der Waals surface area contributed by atoms with Gasteiger partial charge in [0.1, 0.15) is 0 Å². The van der Waals surface area contributed by atoms with Crippen molar-refractivity contribution in [3.05, 3.63) is 33.9 Å². The molecule has 3 N–H and O–H groups in total. The standard InChI is InChI=1S/C14H23N3O4S/c1-3-5-6-12(10-15)16-22(20,21)14-9-13(17(18)19)8-7-11(14)4-2/h7-9,12,16H,3-6,10,15H2,1-2H3. The highest BCUT2D eigenvalue weighted by Crippen LogP contribution is 2.23. The molecule has 0 fully saturated rings. The van der Waals surface area contributed by atoms with Crippen LogP contribution >= 0.6 is 0 Å². The van der Waals surface area contributed by atoms with E-state index in [9.17, 15) is 18.5 Å². The molecule has 0 saturated heterocycles. The van der Waals surface area contributed by atoms with E-state index in [1.165, 1.54) is 12.1 Å². The van der Waals surface area contributed by atoms with E-state index in [1.54, 1.807) is 6.92 Å². The fraction of sp³-hybridized carbons (Fsp3) is 0.571. The number of non-ortho nitro benzene ring substituents is 1. The number of aryl methyl sites for hydroxylation is 1. The summed E-state index contributed by atoms with van der Waals surface area (Å²) in [4.78, 5) is 10.2. The number of benzene rings is 1. The van der Waals surface area contributed by atoms with Crippen molar-refractivity contribution in [3.63, 3.8) is 0 Å². The second-order valence-corrected chi connectivity index (χ2v) is 6.78. The summed E-state index contributed by atoms with van der Waals surface area (Å²) in [6.45, 7) is 4.01. The van der Waals surface area contributed by atoms with E-state index >= 15 is 0 Å². The van der Waals surface area contributed by atoms with Gasteiger partial charge in [0.2, 0.25) is 10.0 Å². The van der Waals surface area contributed by atoms with E-state index in [2.05, 4.69) is 4.72 Å². The lowest BCUT2D eigenvalue weighted by Gasteiger charge is -2.18. The van der Waals surface area contributed by atoms with Crippen molar-refractivity contribution in [1.82, 2.24) is 4.72 Å². The van der Waals surface area contributed by atoms with Gasteiger partial charge < -0.3 is 5.73 Å². The summed E-state index contributed by atoms with van der Waals surface area (Å²) >= 11 is 0. The number of nitro benzene ring substituents is 1. The zero-order valence-corrected chi connectivity index (χ0v) is 13.7. The molecule has 1 aromatic carbocycles. The van der Waals surface area contributed by atoms with Gasteiger partial charge in [0.05, 0.1) is 9.82 Å². The van der Waals surface area contributed by atoms with Gasteiger partial charge in [0, 0.05) is 24.7 Å². The molecule has 0 aliphatic carbocycles. The van der Waals surface area contributed by atoms with Crippen LogP contribution in [0.1, 0.15) is 38.7 Å². The number of nitrogens with two attached hydrogens (primary N) is 1. The molecule has 0 aromatic heterocycles. The van der Waals surface area contributed by atoms with Crippen molar-refractivity contribution in [2.75, 3.05) is 6.54 Å². The third kappa shape index (κ3) is 4.75. The Labute approximate surface area is 131 Å². The van der Waals surface area contributed by atoms with E-state index in [4.69, 9.17) is 5.73 Å². The molecule has 124 valence electrons. The summed E-state index contributed by atoms with van der Waals surface area (Å²) in [5, 5.41) is 10.9. The number of rotatable bonds is 9. The van der Waals surface area contributed by atoms with Crippen molar-refractivity contribution < 1.29 is 13.3 Å². The third-order valence-corrected chi connectivity index (χ3v) is 5.05. The summed E-state index contributed by atoms with van der Waals surface area (Å²) in [5.41, 5.74) is 5.92. The number of sulfonamides is 1. The first-order valence-corrected chi connectivity index (χ1v) is 8.83. The molecule has 0 heterocycles. The lowest BCUT2D eigenvalue weighted by atomic mass is 10.1. The summed E-state index contributed by atoms with van der Waals surface area (Å²) in [7, 11) is -3.84. The first-order valence-electron chi connectivity index (χ1n) is 7.35. The molecule has 0 aliphatic rings. The molecule has 7 nitrogen and oxygen atoms in total. The van der Waals surface area contributed by atoms with Crippen molar-refractivity contribution >= 4 is 15.7 Å². The molecule has 0 saturated carbocycles. The fourth-order valence-electron chi connectivity index (χ4n) is 2.16. The van der Waals surface area contributed by atoms with Crippen molar-refractivity contribution in [3.8, 4) is 0 Å². The number of unbranched alkanes of at least 4 members (excludes halogenated alkanes) is 1. The summed E-state index contributed by atoms with van der Waals surface area (Å²) < 4.78 is 27.6. The molecule has 22 heavy (non-hydrogen) atoms. The second kappa shape index (κ2) is 8.21. The van der Waals surface area contributed by atoms with E-state index in [0.717, 1.165) is 18.9 Å². The zero-order chi connectivity index (χ0) is 16.8. The topological polar surface area (TPSA) is 115 Å². The van der Waals surface area contributed by atoms with Crippen molar-refractivity contribution in [1.29, 1.82) is 0 Å². The van der Waals surface area contributed by atoms with Crippen LogP contribution in [0, 0.1) is 10.1 Å². The average Bonchev–Trinajstić information content (AvgIpc) is 2.50. The van der Waals surface area contributed by atoms with Crippen molar-refractivity contribution in [2.24, 2.45) is 5.73 Å². The van der Waals surface area contributed by atoms with Crippen LogP contribution in [0.4, 0.5) is 5.69 Å². The Bertz CT molecular complexity index is 617. The highest BCUT2D eigenvalue weighted by Gasteiger charge is 2.24. The third-order valence-electron chi connectivity index (χ3n) is 3.44. The number of hydrogen-bond acceptors (Lipinski definition) is 5. The van der Waals surface area contributed by atoms with Gasteiger partial charge in [0.25, 0.3) is 5.69 Å². The van der Waals surface area contributed by atoms with Crippen LogP contribution in [0.15, 0.2) is 23.1 Å². The lowest BCUT2D eigenvalue weighted by Crippen LogP contribution is -2.40. The van der Waals surface area contributed by atoms with Gasteiger partial charge in [-0.2, -0.15) is 0 Å². The average molecular weight is 329 g/mol. The van der Waals surface area contributed by atoms with Gasteiger partial charge in [-0.05, 0) is 18.4 Å². The Morgan fingerprint density at radius 3 is 2.55 bits per heavy atom. The molecular weight excluding hydrogens is 306 g/mol. The van der Waals surface area contributed by atoms with Crippen LogP contribution in [-0.2, 0) is 16.4 Å². The zero-order valence-electron chi connectivity index (χ0n) is 12.9. The van der Waals surface area contributed by atoms with Crippen LogP contribution in [0.25, 0.3) is 0 Å². The minimum atomic E-state index is -3.84. The molecular formula is C14H23N3O4S. The quantitative estimate of drug-likeness (QED) is 0.530. The Hall–Kier alpha value is -1.51. The highest BCUT2D eigenvalue weighted by molar-refractivity contribution is 7.89. The summed E-state index contributed by atoms with van der Waals surface area (Å²) in [6.07, 6.45) is 2.91. The lowest BCUT2D eigenvalue weighted by molar-refractivity contribution is -0.385. The van der Waals surface area contributed by atoms with Gasteiger partial charge in [-0.1, -0.05) is 32.8 Å². The predicted octanol–water partition coefficient (Wildman–Crippen LogP) is 1.95. The second-order valence-electron chi connectivity index (χ2n) is 5.10. The molecule has 1 atom stereocenters. The molecule has 8 heteroatoms. The van der Waals surface area contributed by atoms with Gasteiger partial charge >= 0.3 is 0 Å². The van der Waals surface area contributed by atoms with Gasteiger partial charge in [0.15, 0.2) is 0 Å². The van der Waals surface area contributed by atoms with Crippen LogP contribution in [-0.4, -0.2) is 25.9 Å². The molecule has 0 bridgehead atoms. The smallest absolute Gasteiger partial charge is 0.270 e. The number of nitrogens with one attached hydrogen (secondary N) is 1. The maximum Gasteiger partial charge on any atom is 0.270 e. The van der Waals surface area contributed by atoms with E-state index in [0.29, 0.717) is 18.4 Å². The van der Waals surface area contributed by atoms with Crippen LogP contribution in [0.2, 0.25) is 0 Å². The maximum absolute atomic E-state index is 12.5. The van der Waals surface area contributed by atoms with Gasteiger partial charge in [-0.25, -0.2) is 13.1 Å². The van der Waals surface area contributed by atoms with E-state index in [1.807, 2.05) is 6.92 Å². The van der Waals surface area contributed by atoms with E-state index < -0.39 is 14.9 Å². The fourth-order valence-corrected chi connectivity index (χ4v) is 3.77. The minimum Gasteiger partial charge on any atom is -0.329 e. The SMILES string of the molecule is CCCCC(CN)NS(=O)(=O)c1cc([N+](=O)[O-])ccc1CC. The van der Waals surface area contributed by atoms with Crippen LogP contribution in [0.5, 0.6) is 0 Å².